The second-order valence-corrected chi connectivity index (χ2v) is 8.43. The van der Waals surface area contributed by atoms with Gasteiger partial charge in [0.25, 0.3) is 0 Å². The molecule has 2 fully saturated rings. The fourth-order valence-electron chi connectivity index (χ4n) is 4.61. The van der Waals surface area contributed by atoms with Crippen LogP contribution in [-0.4, -0.2) is 49.5 Å². The zero-order chi connectivity index (χ0) is 20.6. The van der Waals surface area contributed by atoms with E-state index in [0.717, 1.165) is 35.8 Å². The maximum atomic E-state index is 12.5. The molecule has 1 unspecified atom stereocenters. The Hall–Kier alpha value is -2.08. The smallest absolute Gasteiger partial charge is 0.237 e. The predicted molar refractivity (Wildman–Crippen MR) is 114 cm³/mol. The summed E-state index contributed by atoms with van der Waals surface area (Å²) < 4.78 is 5.33. The van der Waals surface area contributed by atoms with Gasteiger partial charge in [0, 0.05) is 26.2 Å². The maximum absolute atomic E-state index is 12.5. The lowest BCUT2D eigenvalue weighted by atomic mass is 10.0. The Morgan fingerprint density at radius 2 is 2.10 bits per heavy atom. The van der Waals surface area contributed by atoms with Crippen LogP contribution >= 0.6 is 0 Å². The van der Waals surface area contributed by atoms with Crippen molar-refractivity contribution < 1.29 is 14.3 Å². The third kappa shape index (κ3) is 6.20. The van der Waals surface area contributed by atoms with Gasteiger partial charge in [0.05, 0.1) is 19.6 Å². The van der Waals surface area contributed by atoms with Crippen LogP contribution in [0.3, 0.4) is 0 Å². The predicted octanol–water partition coefficient (Wildman–Crippen LogP) is 2.78. The summed E-state index contributed by atoms with van der Waals surface area (Å²) in [6, 6.07) is 5.66. The number of nitrogens with one attached hydrogen (secondary N) is 2. The van der Waals surface area contributed by atoms with E-state index in [1.165, 1.54) is 32.1 Å². The Morgan fingerprint density at radius 1 is 1.31 bits per heavy atom. The Morgan fingerprint density at radius 3 is 2.83 bits per heavy atom. The van der Waals surface area contributed by atoms with E-state index in [9.17, 15) is 9.59 Å². The number of carbonyl (C=O) groups excluding carboxylic acids is 2. The van der Waals surface area contributed by atoms with Crippen LogP contribution in [0.4, 0.5) is 0 Å². The summed E-state index contributed by atoms with van der Waals surface area (Å²) in [4.78, 5) is 27.0. The van der Waals surface area contributed by atoms with E-state index in [-0.39, 0.29) is 18.2 Å². The fraction of sp³-hybridized carbons (Fsp3) is 0.652. The zero-order valence-electron chi connectivity index (χ0n) is 17.8. The van der Waals surface area contributed by atoms with Gasteiger partial charge in [-0.1, -0.05) is 37.8 Å². The van der Waals surface area contributed by atoms with E-state index < -0.39 is 6.04 Å². The lowest BCUT2D eigenvalue weighted by molar-refractivity contribution is -0.134. The Balaban J connectivity index is 1.50. The lowest BCUT2D eigenvalue weighted by Gasteiger charge is -2.34. The number of amides is 2. The second-order valence-electron chi connectivity index (χ2n) is 8.43. The quantitative estimate of drug-likeness (QED) is 0.624. The highest BCUT2D eigenvalue weighted by molar-refractivity contribution is 5.88. The molecule has 2 aliphatic rings. The summed E-state index contributed by atoms with van der Waals surface area (Å²) in [5.74, 6) is 1.62. The number of benzene rings is 1. The van der Waals surface area contributed by atoms with Gasteiger partial charge in [-0.3, -0.25) is 14.5 Å². The van der Waals surface area contributed by atoms with Crippen LogP contribution in [0, 0.1) is 12.8 Å². The van der Waals surface area contributed by atoms with Gasteiger partial charge in [0.1, 0.15) is 5.75 Å². The number of methoxy groups -OCH3 is 1. The van der Waals surface area contributed by atoms with E-state index in [4.69, 9.17) is 4.74 Å². The Bertz CT molecular complexity index is 701. The lowest BCUT2D eigenvalue weighted by Crippen LogP contribution is -2.56. The van der Waals surface area contributed by atoms with Gasteiger partial charge >= 0.3 is 0 Å². The summed E-state index contributed by atoms with van der Waals surface area (Å²) in [5, 5.41) is 5.93. The third-order valence-corrected chi connectivity index (χ3v) is 6.25. The van der Waals surface area contributed by atoms with Gasteiger partial charge in [-0.05, 0) is 42.9 Å². The first kappa shape index (κ1) is 21.6. The number of hydrogen-bond donors (Lipinski definition) is 2. The first-order valence-corrected chi connectivity index (χ1v) is 11.0. The molecular formula is C23H35N3O3. The average Bonchev–Trinajstić information content (AvgIpc) is 3.22. The van der Waals surface area contributed by atoms with Gasteiger partial charge in [-0.15, -0.1) is 0 Å². The van der Waals surface area contributed by atoms with E-state index in [1.807, 2.05) is 19.1 Å². The van der Waals surface area contributed by atoms with E-state index in [2.05, 4.69) is 21.6 Å². The van der Waals surface area contributed by atoms with E-state index in [0.29, 0.717) is 19.6 Å². The molecule has 6 heteroatoms. The summed E-state index contributed by atoms with van der Waals surface area (Å²) in [5.41, 5.74) is 2.20. The van der Waals surface area contributed by atoms with Crippen molar-refractivity contribution in [3.63, 3.8) is 0 Å². The molecule has 1 aliphatic carbocycles. The molecule has 1 saturated carbocycles. The van der Waals surface area contributed by atoms with Gasteiger partial charge in [-0.2, -0.15) is 0 Å². The van der Waals surface area contributed by atoms with E-state index in [1.54, 1.807) is 7.11 Å². The van der Waals surface area contributed by atoms with Crippen LogP contribution in [0.25, 0.3) is 0 Å². The molecule has 1 atom stereocenters. The van der Waals surface area contributed by atoms with Crippen LogP contribution in [0.2, 0.25) is 0 Å². The molecule has 2 amide bonds. The minimum atomic E-state index is -0.416. The maximum Gasteiger partial charge on any atom is 0.237 e. The van der Waals surface area contributed by atoms with Crippen molar-refractivity contribution in [2.24, 2.45) is 5.92 Å². The highest BCUT2D eigenvalue weighted by atomic mass is 16.5. The van der Waals surface area contributed by atoms with Gasteiger partial charge < -0.3 is 15.4 Å². The minimum absolute atomic E-state index is 0.0330. The summed E-state index contributed by atoms with van der Waals surface area (Å²) in [6.45, 7) is 4.74. The number of piperazine rings is 1. The molecule has 1 aromatic carbocycles. The van der Waals surface area contributed by atoms with Crippen molar-refractivity contribution in [1.29, 1.82) is 0 Å². The van der Waals surface area contributed by atoms with Crippen LogP contribution in [0.15, 0.2) is 18.2 Å². The monoisotopic (exact) mass is 401 g/mol. The second kappa shape index (κ2) is 10.6. The number of hydrogen-bond acceptors (Lipinski definition) is 4. The number of carbonyl (C=O) groups is 2. The molecule has 1 aliphatic heterocycles. The molecule has 1 heterocycles. The molecule has 0 radical (unpaired) electrons. The number of rotatable bonds is 9. The van der Waals surface area contributed by atoms with Crippen LogP contribution < -0.4 is 15.4 Å². The molecule has 1 aromatic rings. The molecule has 0 bridgehead atoms. The van der Waals surface area contributed by atoms with Crippen LogP contribution in [0.1, 0.15) is 56.1 Å². The molecule has 6 nitrogen and oxygen atoms in total. The normalized spacial score (nSPS) is 20.5. The first-order valence-electron chi connectivity index (χ1n) is 11.0. The third-order valence-electron chi connectivity index (χ3n) is 6.25. The number of nitrogens with zero attached hydrogens (tertiary/aromatic N) is 1. The number of aryl methyl sites for hydroxylation is 1. The van der Waals surface area contributed by atoms with Gasteiger partial charge in [0.15, 0.2) is 0 Å². The number of ether oxygens (including phenoxy) is 1. The molecule has 0 spiro atoms. The van der Waals surface area contributed by atoms with Crippen LogP contribution in [-0.2, 0) is 16.1 Å². The Kier molecular flexibility index (Phi) is 7.92. The topological polar surface area (TPSA) is 70.7 Å². The van der Waals surface area contributed by atoms with Crippen molar-refractivity contribution in [1.82, 2.24) is 15.5 Å². The molecule has 1 saturated heterocycles. The van der Waals surface area contributed by atoms with E-state index >= 15 is 0 Å². The van der Waals surface area contributed by atoms with Crippen LogP contribution in [0.5, 0.6) is 5.75 Å². The summed E-state index contributed by atoms with van der Waals surface area (Å²) >= 11 is 0. The largest absolute Gasteiger partial charge is 0.496 e. The van der Waals surface area contributed by atoms with Crippen molar-refractivity contribution >= 4 is 11.8 Å². The average molecular weight is 402 g/mol. The minimum Gasteiger partial charge on any atom is -0.496 e. The highest BCUT2D eigenvalue weighted by Crippen LogP contribution is 2.28. The zero-order valence-corrected chi connectivity index (χ0v) is 17.8. The Labute approximate surface area is 174 Å². The highest BCUT2D eigenvalue weighted by Gasteiger charge is 2.31. The molecule has 2 N–H and O–H groups in total. The fourth-order valence-corrected chi connectivity index (χ4v) is 4.61. The molecular weight excluding hydrogens is 366 g/mol. The summed E-state index contributed by atoms with van der Waals surface area (Å²) in [6.07, 6.45) is 7.85. The van der Waals surface area contributed by atoms with Crippen molar-refractivity contribution in [3.05, 3.63) is 29.3 Å². The van der Waals surface area contributed by atoms with Crippen molar-refractivity contribution in [3.8, 4) is 5.75 Å². The molecule has 0 aromatic heterocycles. The first-order chi connectivity index (χ1) is 14.1. The van der Waals surface area contributed by atoms with Crippen molar-refractivity contribution in [2.45, 2.75) is 64.5 Å². The molecule has 29 heavy (non-hydrogen) atoms. The summed E-state index contributed by atoms with van der Waals surface area (Å²) in [7, 11) is 1.67. The van der Waals surface area contributed by atoms with Gasteiger partial charge in [-0.25, -0.2) is 0 Å². The molecule has 3 rings (SSSR count). The molecule has 160 valence electrons. The standard InChI is InChI=1S/C23H35N3O3/c1-17-14-19(9-10-21(17)29-2)16-26-13-12-25-23(28)20(26)15-22(27)24-11-5-8-18-6-3-4-7-18/h9-10,14,18,20H,3-8,11-13,15-16H2,1-2H3,(H,24,27)(H,25,28). The SMILES string of the molecule is COc1ccc(CN2CCNC(=O)C2CC(=O)NCCCC2CCCC2)cc1C. The van der Waals surface area contributed by atoms with Gasteiger partial charge in [0.2, 0.25) is 11.8 Å². The van der Waals surface area contributed by atoms with Crippen molar-refractivity contribution in [2.75, 3.05) is 26.7 Å².